The Bertz CT molecular complexity index is 1460. The van der Waals surface area contributed by atoms with Crippen LogP contribution >= 0.6 is 11.6 Å². The number of benzene rings is 3. The van der Waals surface area contributed by atoms with Gasteiger partial charge in [-0.25, -0.2) is 4.39 Å². The quantitative estimate of drug-likeness (QED) is 0.306. The molecule has 37 heavy (non-hydrogen) atoms. The molecule has 188 valence electrons. The molecule has 1 spiro atoms. The van der Waals surface area contributed by atoms with Crippen molar-refractivity contribution in [2.45, 2.75) is 31.7 Å². The van der Waals surface area contributed by atoms with E-state index in [0.29, 0.717) is 34.1 Å². The maximum absolute atomic E-state index is 14.5. The Labute approximate surface area is 220 Å². The van der Waals surface area contributed by atoms with E-state index in [0.717, 1.165) is 43.7 Å². The molecule has 7 heteroatoms. The third-order valence-electron chi connectivity index (χ3n) is 7.79. The van der Waals surface area contributed by atoms with Crippen molar-refractivity contribution in [3.63, 3.8) is 0 Å². The predicted octanol–water partition coefficient (Wildman–Crippen LogP) is 6.64. The maximum Gasteiger partial charge on any atom is 0.264 e. The SMILES string of the molecule is Cc1onc(-c2ccccc2Cl)c1C(=O)N1CC2(CCN(Cc3ccccc3)CC2)c2cc(F)ccc21. The van der Waals surface area contributed by atoms with Gasteiger partial charge in [-0.2, -0.15) is 0 Å². The van der Waals surface area contributed by atoms with Crippen LogP contribution < -0.4 is 4.90 Å². The lowest BCUT2D eigenvalue weighted by Crippen LogP contribution is -2.45. The average molecular weight is 516 g/mol. The van der Waals surface area contributed by atoms with Gasteiger partial charge in [-0.15, -0.1) is 0 Å². The third-order valence-corrected chi connectivity index (χ3v) is 8.12. The van der Waals surface area contributed by atoms with E-state index < -0.39 is 0 Å². The van der Waals surface area contributed by atoms with Crippen molar-refractivity contribution in [3.05, 3.63) is 106 Å². The van der Waals surface area contributed by atoms with E-state index in [9.17, 15) is 9.18 Å². The fourth-order valence-electron chi connectivity index (χ4n) is 5.83. The van der Waals surface area contributed by atoms with Gasteiger partial charge in [-0.3, -0.25) is 9.69 Å². The van der Waals surface area contributed by atoms with Crippen molar-refractivity contribution in [2.24, 2.45) is 0 Å². The third kappa shape index (κ3) is 4.24. The Morgan fingerprint density at radius 2 is 1.78 bits per heavy atom. The summed E-state index contributed by atoms with van der Waals surface area (Å²) in [4.78, 5) is 18.3. The summed E-state index contributed by atoms with van der Waals surface area (Å²) in [5, 5.41) is 4.69. The van der Waals surface area contributed by atoms with E-state index in [1.165, 1.54) is 11.6 Å². The molecule has 0 aliphatic carbocycles. The van der Waals surface area contributed by atoms with Gasteiger partial charge in [0.15, 0.2) is 0 Å². The molecule has 0 unspecified atom stereocenters. The molecule has 0 saturated carbocycles. The first-order chi connectivity index (χ1) is 17.9. The minimum atomic E-state index is -0.296. The molecule has 4 aromatic rings. The minimum Gasteiger partial charge on any atom is -0.360 e. The summed E-state index contributed by atoms with van der Waals surface area (Å²) in [5.74, 6) is -0.0515. The zero-order valence-corrected chi connectivity index (χ0v) is 21.3. The number of fused-ring (bicyclic) bond motifs is 2. The van der Waals surface area contributed by atoms with Crippen LogP contribution in [0.4, 0.5) is 10.1 Å². The summed E-state index contributed by atoms with van der Waals surface area (Å²) in [7, 11) is 0. The van der Waals surface area contributed by atoms with Crippen molar-refractivity contribution in [1.29, 1.82) is 0 Å². The number of anilines is 1. The molecular formula is C30H27ClFN3O2. The number of carbonyl (C=O) groups excluding carboxylic acids is 1. The van der Waals surface area contributed by atoms with Crippen molar-refractivity contribution >= 4 is 23.2 Å². The molecule has 0 radical (unpaired) electrons. The van der Waals surface area contributed by atoms with Gasteiger partial charge < -0.3 is 9.42 Å². The van der Waals surface area contributed by atoms with E-state index in [-0.39, 0.29) is 17.1 Å². The Balaban J connectivity index is 1.31. The second kappa shape index (κ2) is 9.43. The normalized spacial score (nSPS) is 16.8. The van der Waals surface area contributed by atoms with Crippen LogP contribution in [-0.2, 0) is 12.0 Å². The van der Waals surface area contributed by atoms with Crippen molar-refractivity contribution in [2.75, 3.05) is 24.5 Å². The van der Waals surface area contributed by atoms with Gasteiger partial charge >= 0.3 is 0 Å². The van der Waals surface area contributed by atoms with E-state index in [4.69, 9.17) is 16.1 Å². The molecule has 3 heterocycles. The lowest BCUT2D eigenvalue weighted by molar-refractivity contribution is 0.0974. The Morgan fingerprint density at radius 3 is 2.54 bits per heavy atom. The number of likely N-dealkylation sites (tertiary alicyclic amines) is 1. The van der Waals surface area contributed by atoms with Crippen LogP contribution in [-0.4, -0.2) is 35.6 Å². The summed E-state index contributed by atoms with van der Waals surface area (Å²) in [6.45, 7) is 4.88. The zero-order chi connectivity index (χ0) is 25.6. The summed E-state index contributed by atoms with van der Waals surface area (Å²) in [5.41, 5.74) is 4.12. The number of halogens is 2. The first-order valence-electron chi connectivity index (χ1n) is 12.5. The lowest BCUT2D eigenvalue weighted by atomic mass is 9.74. The molecule has 0 N–H and O–H groups in total. The second-order valence-corrected chi connectivity index (χ2v) is 10.4. The van der Waals surface area contributed by atoms with Crippen LogP contribution in [0.2, 0.25) is 5.02 Å². The summed E-state index contributed by atoms with van der Waals surface area (Å²) in [6, 6.07) is 22.5. The van der Waals surface area contributed by atoms with Crippen molar-refractivity contribution < 1.29 is 13.7 Å². The molecule has 1 amide bonds. The highest BCUT2D eigenvalue weighted by Gasteiger charge is 2.47. The molecule has 2 aliphatic rings. The van der Waals surface area contributed by atoms with Crippen LogP contribution in [0.5, 0.6) is 0 Å². The molecule has 0 bridgehead atoms. The van der Waals surface area contributed by atoms with Crippen LogP contribution in [0.3, 0.4) is 0 Å². The zero-order valence-electron chi connectivity index (χ0n) is 20.6. The highest BCUT2D eigenvalue weighted by Crippen LogP contribution is 2.48. The van der Waals surface area contributed by atoms with Gasteiger partial charge in [0.05, 0.1) is 5.02 Å². The first-order valence-corrected chi connectivity index (χ1v) is 12.9. The van der Waals surface area contributed by atoms with Gasteiger partial charge in [0, 0.05) is 29.8 Å². The Morgan fingerprint density at radius 1 is 1.05 bits per heavy atom. The molecule has 1 aromatic heterocycles. The number of rotatable bonds is 4. The maximum atomic E-state index is 14.5. The van der Waals surface area contributed by atoms with Crippen LogP contribution in [0.25, 0.3) is 11.3 Å². The molecule has 1 fully saturated rings. The van der Waals surface area contributed by atoms with Gasteiger partial charge in [0.2, 0.25) is 0 Å². The molecular weight excluding hydrogens is 489 g/mol. The van der Waals surface area contributed by atoms with Crippen molar-refractivity contribution in [1.82, 2.24) is 10.1 Å². The number of carbonyl (C=O) groups is 1. The number of piperidine rings is 1. The summed E-state index contributed by atoms with van der Waals surface area (Å²) < 4.78 is 20.0. The number of hydrogen-bond acceptors (Lipinski definition) is 4. The first kappa shape index (κ1) is 23.9. The number of aromatic nitrogens is 1. The monoisotopic (exact) mass is 515 g/mol. The number of aryl methyl sites for hydroxylation is 1. The smallest absolute Gasteiger partial charge is 0.264 e. The van der Waals surface area contributed by atoms with E-state index in [1.807, 2.05) is 24.3 Å². The van der Waals surface area contributed by atoms with Crippen LogP contribution in [0.15, 0.2) is 77.3 Å². The van der Waals surface area contributed by atoms with E-state index >= 15 is 0 Å². The molecule has 5 nitrogen and oxygen atoms in total. The molecule has 2 aliphatic heterocycles. The largest absolute Gasteiger partial charge is 0.360 e. The van der Waals surface area contributed by atoms with Gasteiger partial charge in [0.25, 0.3) is 5.91 Å². The van der Waals surface area contributed by atoms with E-state index in [1.54, 1.807) is 30.0 Å². The summed E-state index contributed by atoms with van der Waals surface area (Å²) in [6.07, 6.45) is 1.69. The highest BCUT2D eigenvalue weighted by molar-refractivity contribution is 6.33. The number of hydrogen-bond donors (Lipinski definition) is 0. The second-order valence-electron chi connectivity index (χ2n) is 10.0. The number of nitrogens with zero attached hydrogens (tertiary/aromatic N) is 3. The topological polar surface area (TPSA) is 49.6 Å². The Hall–Kier alpha value is -3.48. The molecule has 3 aromatic carbocycles. The highest BCUT2D eigenvalue weighted by atomic mass is 35.5. The minimum absolute atomic E-state index is 0.204. The fourth-order valence-corrected chi connectivity index (χ4v) is 6.05. The molecule has 6 rings (SSSR count). The lowest BCUT2D eigenvalue weighted by Gasteiger charge is -2.40. The fraction of sp³-hybridized carbons (Fsp3) is 0.267. The average Bonchev–Trinajstić information content (AvgIpc) is 3.44. The van der Waals surface area contributed by atoms with Crippen LogP contribution in [0, 0.1) is 12.7 Å². The summed E-state index contributed by atoms with van der Waals surface area (Å²) >= 11 is 6.44. The molecule has 0 atom stereocenters. The standard InChI is InChI=1S/C30H27ClFN3O2/c1-20-27(28(33-37-20)23-9-5-6-10-25(23)31)29(36)35-19-30(24-17-22(32)11-12-26(24)35)13-15-34(16-14-30)18-21-7-3-2-4-8-21/h2-12,17H,13-16,18-19H2,1H3. The van der Waals surface area contributed by atoms with Gasteiger partial charge in [-0.05, 0) is 68.2 Å². The van der Waals surface area contributed by atoms with Crippen LogP contribution in [0.1, 0.15) is 40.1 Å². The van der Waals surface area contributed by atoms with Gasteiger partial charge in [0.1, 0.15) is 22.8 Å². The Kier molecular flexibility index (Phi) is 6.09. The molecule has 1 saturated heterocycles. The van der Waals surface area contributed by atoms with Gasteiger partial charge in [-0.1, -0.05) is 65.3 Å². The van der Waals surface area contributed by atoms with Crippen molar-refractivity contribution in [3.8, 4) is 11.3 Å². The van der Waals surface area contributed by atoms with E-state index in [2.05, 4.69) is 34.3 Å². The number of amides is 1. The predicted molar refractivity (Wildman–Crippen MR) is 142 cm³/mol.